The Morgan fingerprint density at radius 3 is 2.84 bits per heavy atom. The van der Waals surface area contributed by atoms with Gasteiger partial charge >= 0.3 is 0 Å². The molecule has 1 N–H and O–H groups in total. The summed E-state index contributed by atoms with van der Waals surface area (Å²) >= 11 is 6.14. The number of benzene rings is 2. The SMILES string of the molecule is N#Cc1cccc(NC(=O)[C@@H]2CC(=O)N(Cc3ccccc3Cl)C2)c1. The first-order chi connectivity index (χ1) is 12.1. The molecule has 1 aliphatic rings. The number of hydrogen-bond acceptors (Lipinski definition) is 3. The minimum absolute atomic E-state index is 0.0640. The molecule has 1 aliphatic heterocycles. The highest BCUT2D eigenvalue weighted by molar-refractivity contribution is 6.31. The van der Waals surface area contributed by atoms with Crippen molar-refractivity contribution in [3.05, 3.63) is 64.7 Å². The second kappa shape index (κ2) is 7.37. The lowest BCUT2D eigenvalue weighted by molar-refractivity contribution is -0.128. The van der Waals surface area contributed by atoms with Gasteiger partial charge in [-0.2, -0.15) is 5.26 Å². The maximum atomic E-state index is 12.4. The summed E-state index contributed by atoms with van der Waals surface area (Å²) in [6.07, 6.45) is 0.175. The number of nitriles is 1. The van der Waals surface area contributed by atoms with E-state index in [4.69, 9.17) is 16.9 Å². The number of anilines is 1. The minimum atomic E-state index is -0.416. The Morgan fingerprint density at radius 2 is 2.08 bits per heavy atom. The number of likely N-dealkylation sites (tertiary alicyclic amines) is 1. The van der Waals surface area contributed by atoms with Gasteiger partial charge in [0.05, 0.1) is 17.6 Å². The van der Waals surface area contributed by atoms with Crippen LogP contribution in [0.25, 0.3) is 0 Å². The predicted molar refractivity (Wildman–Crippen MR) is 94.8 cm³/mol. The Balaban J connectivity index is 1.64. The van der Waals surface area contributed by atoms with Crippen LogP contribution in [0.3, 0.4) is 0 Å². The Hall–Kier alpha value is -2.84. The lowest BCUT2D eigenvalue weighted by atomic mass is 10.1. The number of nitrogens with one attached hydrogen (secondary N) is 1. The molecule has 0 saturated carbocycles. The second-order valence-corrected chi connectivity index (χ2v) is 6.36. The molecule has 1 atom stereocenters. The van der Waals surface area contributed by atoms with Gasteiger partial charge in [0.15, 0.2) is 0 Å². The smallest absolute Gasteiger partial charge is 0.229 e. The van der Waals surface area contributed by atoms with Gasteiger partial charge in [-0.25, -0.2) is 0 Å². The van der Waals surface area contributed by atoms with Crippen molar-refractivity contribution in [2.45, 2.75) is 13.0 Å². The van der Waals surface area contributed by atoms with Gasteiger partial charge in [0.1, 0.15) is 0 Å². The first-order valence-corrected chi connectivity index (χ1v) is 8.27. The highest BCUT2D eigenvalue weighted by Crippen LogP contribution is 2.24. The third-order valence-electron chi connectivity index (χ3n) is 4.16. The monoisotopic (exact) mass is 353 g/mol. The second-order valence-electron chi connectivity index (χ2n) is 5.95. The fraction of sp³-hybridized carbons (Fsp3) is 0.211. The van der Waals surface area contributed by atoms with Gasteiger partial charge in [0.25, 0.3) is 0 Å². The average Bonchev–Trinajstić information content (AvgIpc) is 2.98. The number of carbonyl (C=O) groups is 2. The molecular formula is C19H16ClN3O2. The number of halogens is 1. The van der Waals surface area contributed by atoms with Crippen LogP contribution in [-0.4, -0.2) is 23.3 Å². The summed E-state index contributed by atoms with van der Waals surface area (Å²) in [5, 5.41) is 12.3. The number of amides is 2. The van der Waals surface area contributed by atoms with Gasteiger partial charge in [-0.3, -0.25) is 9.59 Å². The molecule has 0 unspecified atom stereocenters. The van der Waals surface area contributed by atoms with Crippen molar-refractivity contribution >= 4 is 29.1 Å². The summed E-state index contributed by atoms with van der Waals surface area (Å²) < 4.78 is 0. The highest BCUT2D eigenvalue weighted by atomic mass is 35.5. The molecule has 0 spiro atoms. The molecule has 0 bridgehead atoms. The van der Waals surface area contributed by atoms with E-state index in [0.717, 1.165) is 5.56 Å². The fourth-order valence-corrected chi connectivity index (χ4v) is 3.04. The van der Waals surface area contributed by atoms with Gasteiger partial charge in [-0.15, -0.1) is 0 Å². The van der Waals surface area contributed by atoms with E-state index in [1.54, 1.807) is 35.2 Å². The van der Waals surface area contributed by atoms with Crippen molar-refractivity contribution in [2.24, 2.45) is 5.92 Å². The van der Waals surface area contributed by atoms with Crippen LogP contribution >= 0.6 is 11.6 Å². The van der Waals surface area contributed by atoms with Gasteiger partial charge in [-0.05, 0) is 29.8 Å². The lowest BCUT2D eigenvalue weighted by Gasteiger charge is -2.17. The van der Waals surface area contributed by atoms with E-state index in [-0.39, 0.29) is 18.2 Å². The Kier molecular flexibility index (Phi) is 5.01. The van der Waals surface area contributed by atoms with E-state index in [0.29, 0.717) is 29.4 Å². The van der Waals surface area contributed by atoms with Gasteiger partial charge in [0, 0.05) is 30.2 Å². The molecule has 2 amide bonds. The summed E-state index contributed by atoms with van der Waals surface area (Å²) in [6.45, 7) is 0.750. The standard InChI is InChI=1S/C19H16ClN3O2/c20-17-7-2-1-5-14(17)11-23-12-15(9-18(23)24)19(25)22-16-6-3-4-13(8-16)10-21/h1-8,15H,9,11-12H2,(H,22,25)/t15-/m1/s1. The van der Waals surface area contributed by atoms with E-state index < -0.39 is 5.92 Å². The normalized spacial score (nSPS) is 16.6. The average molecular weight is 354 g/mol. The molecule has 2 aromatic rings. The first kappa shape index (κ1) is 17.0. The van der Waals surface area contributed by atoms with Crippen LogP contribution in [0.2, 0.25) is 5.02 Å². The molecular weight excluding hydrogens is 338 g/mol. The number of carbonyl (C=O) groups excluding carboxylic acids is 2. The minimum Gasteiger partial charge on any atom is -0.337 e. The quantitative estimate of drug-likeness (QED) is 0.917. The Bertz CT molecular complexity index is 860. The van der Waals surface area contributed by atoms with Crippen molar-refractivity contribution in [3.8, 4) is 6.07 Å². The van der Waals surface area contributed by atoms with E-state index >= 15 is 0 Å². The van der Waals surface area contributed by atoms with E-state index in [9.17, 15) is 9.59 Å². The zero-order valence-corrected chi connectivity index (χ0v) is 14.2. The van der Waals surface area contributed by atoms with E-state index in [1.165, 1.54) is 0 Å². The molecule has 1 heterocycles. The summed E-state index contributed by atoms with van der Waals surface area (Å²) in [5.74, 6) is -0.698. The molecule has 1 saturated heterocycles. The van der Waals surface area contributed by atoms with Crippen LogP contribution in [0, 0.1) is 17.2 Å². The van der Waals surface area contributed by atoms with Gasteiger partial charge in [0.2, 0.25) is 11.8 Å². The Morgan fingerprint density at radius 1 is 1.28 bits per heavy atom. The third kappa shape index (κ3) is 3.98. The topological polar surface area (TPSA) is 73.2 Å². The molecule has 1 fully saturated rings. The zero-order chi connectivity index (χ0) is 17.8. The molecule has 0 radical (unpaired) electrons. The summed E-state index contributed by atoms with van der Waals surface area (Å²) in [6, 6.07) is 16.1. The molecule has 6 heteroatoms. The maximum absolute atomic E-state index is 12.4. The van der Waals surface area contributed by atoms with Crippen LogP contribution in [-0.2, 0) is 16.1 Å². The zero-order valence-electron chi connectivity index (χ0n) is 13.4. The lowest BCUT2D eigenvalue weighted by Crippen LogP contribution is -2.28. The first-order valence-electron chi connectivity index (χ1n) is 7.89. The highest BCUT2D eigenvalue weighted by Gasteiger charge is 2.34. The van der Waals surface area contributed by atoms with Crippen LogP contribution in [0.5, 0.6) is 0 Å². The molecule has 3 rings (SSSR count). The van der Waals surface area contributed by atoms with Crippen molar-refractivity contribution in [3.63, 3.8) is 0 Å². The molecule has 126 valence electrons. The largest absolute Gasteiger partial charge is 0.337 e. The van der Waals surface area contributed by atoms with Crippen molar-refractivity contribution in [2.75, 3.05) is 11.9 Å². The number of rotatable bonds is 4. The molecule has 0 aromatic heterocycles. The van der Waals surface area contributed by atoms with Crippen LogP contribution in [0.4, 0.5) is 5.69 Å². The molecule has 2 aromatic carbocycles. The summed E-state index contributed by atoms with van der Waals surface area (Å²) in [4.78, 5) is 26.3. The summed E-state index contributed by atoms with van der Waals surface area (Å²) in [7, 11) is 0. The predicted octanol–water partition coefficient (Wildman–Crippen LogP) is 3.20. The fourth-order valence-electron chi connectivity index (χ4n) is 2.84. The van der Waals surface area contributed by atoms with E-state index in [1.807, 2.05) is 24.3 Å². The number of hydrogen-bond donors (Lipinski definition) is 1. The van der Waals surface area contributed by atoms with Crippen LogP contribution in [0.15, 0.2) is 48.5 Å². The summed E-state index contributed by atoms with van der Waals surface area (Å²) in [5.41, 5.74) is 1.89. The van der Waals surface area contributed by atoms with Crippen LogP contribution < -0.4 is 5.32 Å². The van der Waals surface area contributed by atoms with Crippen molar-refractivity contribution in [1.29, 1.82) is 5.26 Å². The number of nitrogens with zero attached hydrogens (tertiary/aromatic N) is 2. The van der Waals surface area contributed by atoms with E-state index in [2.05, 4.69) is 5.32 Å². The molecule has 5 nitrogen and oxygen atoms in total. The van der Waals surface area contributed by atoms with Gasteiger partial charge in [-0.1, -0.05) is 35.9 Å². The Labute approximate surface area is 150 Å². The maximum Gasteiger partial charge on any atom is 0.229 e. The molecule has 0 aliphatic carbocycles. The van der Waals surface area contributed by atoms with Crippen LogP contribution in [0.1, 0.15) is 17.5 Å². The van der Waals surface area contributed by atoms with Crippen molar-refractivity contribution in [1.82, 2.24) is 4.90 Å². The van der Waals surface area contributed by atoms with Gasteiger partial charge < -0.3 is 10.2 Å². The third-order valence-corrected chi connectivity index (χ3v) is 4.53. The van der Waals surface area contributed by atoms with Crippen molar-refractivity contribution < 1.29 is 9.59 Å². The molecule has 25 heavy (non-hydrogen) atoms.